The Labute approximate surface area is 148 Å². The Bertz CT molecular complexity index is 589. The molecule has 3 fully saturated rings. The van der Waals surface area contributed by atoms with E-state index >= 15 is 0 Å². The summed E-state index contributed by atoms with van der Waals surface area (Å²) in [6, 6.07) is 0. The first-order valence-electron chi connectivity index (χ1n) is 10.4. The second-order valence-corrected chi connectivity index (χ2v) is 10.5. The van der Waals surface area contributed by atoms with E-state index in [1.165, 1.54) is 44.9 Å². The Morgan fingerprint density at radius 1 is 1.04 bits per heavy atom. The van der Waals surface area contributed by atoms with Gasteiger partial charge in [0.25, 0.3) is 0 Å². The Kier molecular flexibility index (Phi) is 3.66. The summed E-state index contributed by atoms with van der Waals surface area (Å²) >= 11 is 0. The van der Waals surface area contributed by atoms with Gasteiger partial charge in [-0.15, -0.1) is 0 Å². The van der Waals surface area contributed by atoms with Crippen molar-refractivity contribution in [2.75, 3.05) is 0 Å². The van der Waals surface area contributed by atoms with Crippen LogP contribution in [0.15, 0.2) is 11.6 Å². The van der Waals surface area contributed by atoms with Crippen molar-refractivity contribution in [3.8, 4) is 0 Å². The van der Waals surface area contributed by atoms with Crippen LogP contribution < -0.4 is 0 Å². The van der Waals surface area contributed by atoms with E-state index in [0.29, 0.717) is 11.2 Å². The maximum atomic E-state index is 12.5. The summed E-state index contributed by atoms with van der Waals surface area (Å²) in [5.74, 6) is 3.78. The van der Waals surface area contributed by atoms with Crippen LogP contribution in [0.25, 0.3) is 0 Å². The monoisotopic (exact) mass is 328 g/mol. The molecule has 4 aliphatic carbocycles. The smallest absolute Gasteiger partial charge is 0.136 e. The normalized spacial score (nSPS) is 53.6. The van der Waals surface area contributed by atoms with Crippen LogP contribution in [0.4, 0.5) is 0 Å². The highest BCUT2D eigenvalue weighted by atomic mass is 16.1. The molecule has 0 aromatic rings. The van der Waals surface area contributed by atoms with Crippen molar-refractivity contribution in [1.82, 2.24) is 0 Å². The fourth-order valence-electron chi connectivity index (χ4n) is 7.69. The second kappa shape index (κ2) is 5.21. The molecule has 0 heterocycles. The molecule has 0 spiro atoms. The predicted molar refractivity (Wildman–Crippen MR) is 99.7 cm³/mol. The summed E-state index contributed by atoms with van der Waals surface area (Å²) in [6.07, 6.45) is 13.1. The topological polar surface area (TPSA) is 17.1 Å². The average molecular weight is 329 g/mol. The summed E-state index contributed by atoms with van der Waals surface area (Å²) in [4.78, 5) is 12.5. The maximum Gasteiger partial charge on any atom is 0.136 e. The quantitative estimate of drug-likeness (QED) is 0.525. The second-order valence-electron chi connectivity index (χ2n) is 10.5. The summed E-state index contributed by atoms with van der Waals surface area (Å²) in [7, 11) is 0. The predicted octanol–water partition coefficient (Wildman–Crippen LogP) is 6.18. The van der Waals surface area contributed by atoms with E-state index in [2.05, 4.69) is 33.8 Å². The van der Waals surface area contributed by atoms with Gasteiger partial charge in [-0.25, -0.2) is 0 Å². The molecule has 7 atom stereocenters. The molecule has 0 aromatic carbocycles. The van der Waals surface area contributed by atoms with Crippen LogP contribution in [0.2, 0.25) is 0 Å². The van der Waals surface area contributed by atoms with Crippen LogP contribution >= 0.6 is 0 Å². The minimum Gasteiger partial charge on any atom is -0.299 e. The molecular weight excluding hydrogens is 292 g/mol. The number of carbonyl (C=O) groups excluding carboxylic acids is 1. The van der Waals surface area contributed by atoms with Crippen LogP contribution in [0.3, 0.4) is 0 Å². The number of Topliss-reactive ketones (excluding diaryl/α,β-unsaturated/α-hetero) is 1. The Morgan fingerprint density at radius 3 is 2.46 bits per heavy atom. The molecule has 0 aromatic heterocycles. The molecule has 4 rings (SSSR count). The van der Waals surface area contributed by atoms with Gasteiger partial charge < -0.3 is 0 Å². The minimum atomic E-state index is -0.0748. The van der Waals surface area contributed by atoms with Gasteiger partial charge in [-0.2, -0.15) is 0 Å². The molecule has 0 N–H and O–H groups in total. The average Bonchev–Trinajstić information content (AvgIpc) is 2.81. The first-order valence-corrected chi connectivity index (χ1v) is 10.4. The van der Waals surface area contributed by atoms with E-state index < -0.39 is 0 Å². The van der Waals surface area contributed by atoms with Gasteiger partial charge in [0.15, 0.2) is 0 Å². The van der Waals surface area contributed by atoms with Crippen molar-refractivity contribution in [3.05, 3.63) is 11.6 Å². The standard InChI is InChI=1S/C23H36O/c1-15-8-11-21(3)17(14-15)6-7-18-19(21)9-13-23(5)20(18)10-12-22(23,4)16(2)24/h6,15,18-20H,7-14H2,1-5H3/t15?,18?,19?,20?,21-,22+,23-/m0/s1. The minimum absolute atomic E-state index is 0.0748. The molecule has 0 radical (unpaired) electrons. The van der Waals surface area contributed by atoms with Crippen molar-refractivity contribution in [1.29, 1.82) is 0 Å². The van der Waals surface area contributed by atoms with E-state index in [0.717, 1.165) is 30.1 Å². The van der Waals surface area contributed by atoms with Gasteiger partial charge in [-0.3, -0.25) is 4.79 Å². The van der Waals surface area contributed by atoms with Gasteiger partial charge in [0.2, 0.25) is 0 Å². The van der Waals surface area contributed by atoms with Gasteiger partial charge >= 0.3 is 0 Å². The first-order chi connectivity index (χ1) is 11.2. The van der Waals surface area contributed by atoms with Crippen LogP contribution in [0.5, 0.6) is 0 Å². The zero-order valence-corrected chi connectivity index (χ0v) is 16.5. The molecule has 0 aliphatic heterocycles. The largest absolute Gasteiger partial charge is 0.299 e. The lowest BCUT2D eigenvalue weighted by atomic mass is 9.45. The van der Waals surface area contributed by atoms with E-state index in [1.54, 1.807) is 5.57 Å². The Hall–Kier alpha value is -0.590. The number of carbonyl (C=O) groups is 1. The van der Waals surface area contributed by atoms with Gasteiger partial charge in [0.1, 0.15) is 5.78 Å². The van der Waals surface area contributed by atoms with Crippen LogP contribution in [-0.4, -0.2) is 5.78 Å². The van der Waals surface area contributed by atoms with Crippen molar-refractivity contribution in [3.63, 3.8) is 0 Å². The SMILES string of the molecule is CC(=O)[C@@]1(C)CCC2C3CC=C4CC(C)CC[C@]4(C)C3CC[C@@]21C. The third kappa shape index (κ3) is 1.96. The third-order valence-corrected chi connectivity index (χ3v) is 9.73. The molecule has 4 unspecified atom stereocenters. The van der Waals surface area contributed by atoms with Crippen molar-refractivity contribution >= 4 is 5.78 Å². The van der Waals surface area contributed by atoms with Gasteiger partial charge in [-0.05, 0) is 92.8 Å². The molecule has 134 valence electrons. The molecule has 1 nitrogen and oxygen atoms in total. The molecule has 4 aliphatic rings. The van der Waals surface area contributed by atoms with Crippen molar-refractivity contribution < 1.29 is 4.79 Å². The van der Waals surface area contributed by atoms with E-state index in [1.807, 2.05) is 6.92 Å². The van der Waals surface area contributed by atoms with Gasteiger partial charge in [0, 0.05) is 5.41 Å². The van der Waals surface area contributed by atoms with E-state index in [-0.39, 0.29) is 10.8 Å². The van der Waals surface area contributed by atoms with Crippen LogP contribution in [0.1, 0.15) is 86.0 Å². The fraction of sp³-hybridized carbons (Fsp3) is 0.870. The summed E-state index contributed by atoms with van der Waals surface area (Å²) in [5.41, 5.74) is 2.42. The van der Waals surface area contributed by atoms with Crippen LogP contribution in [0, 0.1) is 39.9 Å². The molecule has 24 heavy (non-hydrogen) atoms. The summed E-state index contributed by atoms with van der Waals surface area (Å²) in [6.45, 7) is 11.6. The zero-order valence-electron chi connectivity index (χ0n) is 16.5. The fourth-order valence-corrected chi connectivity index (χ4v) is 7.69. The first kappa shape index (κ1) is 16.9. The summed E-state index contributed by atoms with van der Waals surface area (Å²) in [5, 5.41) is 0. The number of ketones is 1. The highest BCUT2D eigenvalue weighted by Crippen LogP contribution is 2.69. The summed E-state index contributed by atoms with van der Waals surface area (Å²) < 4.78 is 0. The molecule has 0 amide bonds. The Balaban J connectivity index is 1.69. The number of hydrogen-bond acceptors (Lipinski definition) is 1. The lowest BCUT2D eigenvalue weighted by Gasteiger charge is -2.59. The van der Waals surface area contributed by atoms with E-state index in [4.69, 9.17) is 0 Å². The van der Waals surface area contributed by atoms with Crippen LogP contribution in [-0.2, 0) is 4.79 Å². The molecule has 3 saturated carbocycles. The maximum absolute atomic E-state index is 12.5. The highest BCUT2D eigenvalue weighted by Gasteiger charge is 2.63. The number of allylic oxidation sites excluding steroid dienone is 2. The van der Waals surface area contributed by atoms with Gasteiger partial charge in [0.05, 0.1) is 0 Å². The van der Waals surface area contributed by atoms with Crippen molar-refractivity contribution in [2.24, 2.45) is 39.9 Å². The van der Waals surface area contributed by atoms with Gasteiger partial charge in [-0.1, -0.05) is 39.3 Å². The van der Waals surface area contributed by atoms with Crippen molar-refractivity contribution in [2.45, 2.75) is 86.0 Å². The third-order valence-electron chi connectivity index (χ3n) is 9.73. The zero-order chi connectivity index (χ0) is 17.3. The Morgan fingerprint density at radius 2 is 1.75 bits per heavy atom. The lowest BCUT2D eigenvalue weighted by molar-refractivity contribution is -0.138. The molecular formula is C23H36O. The number of rotatable bonds is 1. The number of fused-ring (bicyclic) bond motifs is 5. The lowest BCUT2D eigenvalue weighted by Crippen LogP contribution is -2.52. The number of hydrogen-bond donors (Lipinski definition) is 0. The highest BCUT2D eigenvalue weighted by molar-refractivity contribution is 5.83. The molecule has 1 heteroatoms. The molecule has 0 bridgehead atoms. The van der Waals surface area contributed by atoms with E-state index in [9.17, 15) is 4.79 Å². The molecule has 0 saturated heterocycles.